The number of unbranched alkanes of at least 4 members (excludes halogenated alkanes) is 3. The first-order chi connectivity index (χ1) is 6.70. The fraction of sp³-hybridized carbons (Fsp3) is 0.909. The van der Waals surface area contributed by atoms with Gasteiger partial charge in [0, 0.05) is 6.04 Å². The molecule has 0 amide bonds. The molecule has 0 rings (SSSR count). The average molecular weight is 201 g/mol. The van der Waals surface area contributed by atoms with E-state index in [1.807, 2.05) is 6.92 Å². The standard InChI is InChI=1S/C11H23NO2/c1-3-5-6-7-8-10(12)9-11(13)14-4-2/h10H,3-9,12H2,1-2H3/t10-/m1/s1. The fourth-order valence-electron chi connectivity index (χ4n) is 1.37. The lowest BCUT2D eigenvalue weighted by molar-refractivity contribution is -0.143. The summed E-state index contributed by atoms with van der Waals surface area (Å²) in [5.74, 6) is -0.171. The van der Waals surface area contributed by atoms with Crippen LogP contribution in [0.3, 0.4) is 0 Å². The largest absolute Gasteiger partial charge is 0.466 e. The predicted octanol–water partition coefficient (Wildman–Crippen LogP) is 2.24. The van der Waals surface area contributed by atoms with Crippen molar-refractivity contribution >= 4 is 5.97 Å². The van der Waals surface area contributed by atoms with E-state index < -0.39 is 0 Å². The zero-order valence-electron chi connectivity index (χ0n) is 9.42. The van der Waals surface area contributed by atoms with Crippen LogP contribution < -0.4 is 5.73 Å². The quantitative estimate of drug-likeness (QED) is 0.484. The van der Waals surface area contributed by atoms with Gasteiger partial charge in [-0.25, -0.2) is 0 Å². The van der Waals surface area contributed by atoms with E-state index in [1.54, 1.807) is 0 Å². The summed E-state index contributed by atoms with van der Waals surface area (Å²) in [5.41, 5.74) is 5.79. The Hall–Kier alpha value is -0.570. The molecule has 2 N–H and O–H groups in total. The van der Waals surface area contributed by atoms with Crippen LogP contribution in [0.4, 0.5) is 0 Å². The smallest absolute Gasteiger partial charge is 0.307 e. The van der Waals surface area contributed by atoms with E-state index in [1.165, 1.54) is 19.3 Å². The summed E-state index contributed by atoms with van der Waals surface area (Å²) in [6.07, 6.45) is 6.11. The van der Waals surface area contributed by atoms with Crippen molar-refractivity contribution in [1.29, 1.82) is 0 Å². The Balaban J connectivity index is 3.35. The molecule has 3 nitrogen and oxygen atoms in total. The highest BCUT2D eigenvalue weighted by Crippen LogP contribution is 2.06. The number of hydrogen-bond acceptors (Lipinski definition) is 3. The summed E-state index contributed by atoms with van der Waals surface area (Å²) < 4.78 is 4.82. The molecule has 0 fully saturated rings. The summed E-state index contributed by atoms with van der Waals surface area (Å²) in [4.78, 5) is 11.0. The summed E-state index contributed by atoms with van der Waals surface area (Å²) in [5, 5.41) is 0. The van der Waals surface area contributed by atoms with Crippen LogP contribution in [-0.4, -0.2) is 18.6 Å². The molecule has 0 saturated heterocycles. The van der Waals surface area contributed by atoms with Gasteiger partial charge in [-0.1, -0.05) is 32.6 Å². The lowest BCUT2D eigenvalue weighted by Crippen LogP contribution is -2.24. The summed E-state index contributed by atoms with van der Waals surface area (Å²) in [7, 11) is 0. The van der Waals surface area contributed by atoms with Gasteiger partial charge in [-0.05, 0) is 13.3 Å². The van der Waals surface area contributed by atoms with Crippen LogP contribution in [0.1, 0.15) is 52.4 Å². The molecule has 0 heterocycles. The SMILES string of the molecule is CCCCCC[C@@H](N)CC(=O)OCC. The Kier molecular flexibility index (Phi) is 8.64. The monoisotopic (exact) mass is 201 g/mol. The second kappa shape index (κ2) is 9.00. The van der Waals surface area contributed by atoms with E-state index in [0.29, 0.717) is 13.0 Å². The maximum atomic E-state index is 11.0. The van der Waals surface area contributed by atoms with Crippen molar-refractivity contribution in [2.45, 2.75) is 58.4 Å². The van der Waals surface area contributed by atoms with E-state index in [0.717, 1.165) is 12.8 Å². The van der Waals surface area contributed by atoms with Crippen molar-refractivity contribution in [3.8, 4) is 0 Å². The van der Waals surface area contributed by atoms with Gasteiger partial charge in [0.05, 0.1) is 13.0 Å². The normalized spacial score (nSPS) is 12.5. The van der Waals surface area contributed by atoms with E-state index in [2.05, 4.69) is 6.92 Å². The number of hydrogen-bond donors (Lipinski definition) is 1. The molecule has 0 aromatic carbocycles. The molecular weight excluding hydrogens is 178 g/mol. The third kappa shape index (κ3) is 8.05. The van der Waals surface area contributed by atoms with Crippen molar-refractivity contribution in [2.24, 2.45) is 5.73 Å². The van der Waals surface area contributed by atoms with Crippen molar-refractivity contribution < 1.29 is 9.53 Å². The number of nitrogens with two attached hydrogens (primary N) is 1. The summed E-state index contributed by atoms with van der Waals surface area (Å²) in [6, 6.07) is -0.0223. The second-order valence-corrected chi connectivity index (χ2v) is 3.62. The van der Waals surface area contributed by atoms with Crippen molar-refractivity contribution in [1.82, 2.24) is 0 Å². The molecule has 0 aromatic heterocycles. The Labute approximate surface area is 87.0 Å². The predicted molar refractivity (Wildman–Crippen MR) is 58.0 cm³/mol. The molecule has 0 radical (unpaired) electrons. The van der Waals surface area contributed by atoms with Crippen LogP contribution in [0.15, 0.2) is 0 Å². The first-order valence-electron chi connectivity index (χ1n) is 5.61. The number of carbonyl (C=O) groups is 1. The topological polar surface area (TPSA) is 52.3 Å². The molecule has 0 unspecified atom stereocenters. The van der Waals surface area contributed by atoms with Gasteiger partial charge in [-0.2, -0.15) is 0 Å². The minimum Gasteiger partial charge on any atom is -0.466 e. The fourth-order valence-corrected chi connectivity index (χ4v) is 1.37. The van der Waals surface area contributed by atoms with Crippen LogP contribution in [0.25, 0.3) is 0 Å². The first-order valence-corrected chi connectivity index (χ1v) is 5.61. The van der Waals surface area contributed by atoms with Gasteiger partial charge in [0.2, 0.25) is 0 Å². The maximum Gasteiger partial charge on any atom is 0.307 e. The lowest BCUT2D eigenvalue weighted by Gasteiger charge is -2.10. The minimum absolute atomic E-state index is 0.0223. The molecule has 1 atom stereocenters. The van der Waals surface area contributed by atoms with E-state index in [4.69, 9.17) is 10.5 Å². The highest BCUT2D eigenvalue weighted by molar-refractivity contribution is 5.70. The van der Waals surface area contributed by atoms with Gasteiger partial charge in [0.15, 0.2) is 0 Å². The number of carbonyl (C=O) groups excluding carboxylic acids is 1. The first kappa shape index (κ1) is 13.4. The molecule has 0 aliphatic rings. The Morgan fingerprint density at radius 2 is 2.00 bits per heavy atom. The minimum atomic E-state index is -0.171. The third-order valence-corrected chi connectivity index (χ3v) is 2.16. The molecule has 14 heavy (non-hydrogen) atoms. The van der Waals surface area contributed by atoms with Gasteiger partial charge >= 0.3 is 5.97 Å². The lowest BCUT2D eigenvalue weighted by atomic mass is 10.1. The zero-order chi connectivity index (χ0) is 10.8. The Morgan fingerprint density at radius 1 is 1.29 bits per heavy atom. The van der Waals surface area contributed by atoms with Crippen LogP contribution in [0, 0.1) is 0 Å². The van der Waals surface area contributed by atoms with E-state index >= 15 is 0 Å². The summed E-state index contributed by atoms with van der Waals surface area (Å²) >= 11 is 0. The number of esters is 1. The molecule has 0 aromatic rings. The van der Waals surface area contributed by atoms with Crippen LogP contribution >= 0.6 is 0 Å². The van der Waals surface area contributed by atoms with Crippen molar-refractivity contribution in [3.63, 3.8) is 0 Å². The maximum absolute atomic E-state index is 11.0. The van der Waals surface area contributed by atoms with Crippen LogP contribution in [0.5, 0.6) is 0 Å². The van der Waals surface area contributed by atoms with Gasteiger partial charge < -0.3 is 10.5 Å². The average Bonchev–Trinajstić information content (AvgIpc) is 2.13. The Morgan fingerprint density at radius 3 is 2.57 bits per heavy atom. The molecule has 0 aliphatic carbocycles. The second-order valence-electron chi connectivity index (χ2n) is 3.62. The van der Waals surface area contributed by atoms with Gasteiger partial charge in [-0.3, -0.25) is 4.79 Å². The highest BCUT2D eigenvalue weighted by atomic mass is 16.5. The highest BCUT2D eigenvalue weighted by Gasteiger charge is 2.09. The number of ether oxygens (including phenoxy) is 1. The third-order valence-electron chi connectivity index (χ3n) is 2.16. The molecule has 3 heteroatoms. The summed E-state index contributed by atoms with van der Waals surface area (Å²) in [6.45, 7) is 4.44. The van der Waals surface area contributed by atoms with Crippen molar-refractivity contribution in [2.75, 3.05) is 6.61 Å². The molecular formula is C11H23NO2. The van der Waals surface area contributed by atoms with Gasteiger partial charge in [0.1, 0.15) is 0 Å². The van der Waals surface area contributed by atoms with E-state index in [9.17, 15) is 4.79 Å². The van der Waals surface area contributed by atoms with Gasteiger partial charge in [-0.15, -0.1) is 0 Å². The molecule has 0 bridgehead atoms. The molecule has 0 saturated carbocycles. The molecule has 0 spiro atoms. The molecule has 84 valence electrons. The van der Waals surface area contributed by atoms with Crippen LogP contribution in [0.2, 0.25) is 0 Å². The zero-order valence-corrected chi connectivity index (χ0v) is 9.42. The molecule has 0 aliphatic heterocycles. The van der Waals surface area contributed by atoms with E-state index in [-0.39, 0.29) is 12.0 Å². The van der Waals surface area contributed by atoms with Gasteiger partial charge in [0.25, 0.3) is 0 Å². The number of rotatable bonds is 8. The van der Waals surface area contributed by atoms with Crippen molar-refractivity contribution in [3.05, 3.63) is 0 Å². The van der Waals surface area contributed by atoms with Crippen LogP contribution in [-0.2, 0) is 9.53 Å². The Bertz CT molecular complexity index is 148.